The zero-order valence-electron chi connectivity index (χ0n) is 12.1. The maximum absolute atomic E-state index is 12.8. The number of halogens is 2. The van der Waals surface area contributed by atoms with Crippen LogP contribution in [0.4, 0.5) is 0 Å². The van der Waals surface area contributed by atoms with Crippen molar-refractivity contribution >= 4 is 29.1 Å². The topological polar surface area (TPSA) is 20.3 Å². The zero-order chi connectivity index (χ0) is 15.5. The van der Waals surface area contributed by atoms with Gasteiger partial charge in [0.1, 0.15) is 0 Å². The van der Waals surface area contributed by atoms with E-state index in [-0.39, 0.29) is 11.9 Å². The highest BCUT2D eigenvalue weighted by molar-refractivity contribution is 6.36. The van der Waals surface area contributed by atoms with Gasteiger partial charge in [0, 0.05) is 17.6 Å². The molecule has 0 spiro atoms. The third kappa shape index (κ3) is 3.29. The Balaban J connectivity index is 1.79. The van der Waals surface area contributed by atoms with Crippen molar-refractivity contribution in [3.8, 4) is 0 Å². The maximum atomic E-state index is 12.8. The molecule has 0 bridgehead atoms. The first-order valence-corrected chi connectivity index (χ1v) is 8.20. The van der Waals surface area contributed by atoms with Gasteiger partial charge >= 0.3 is 0 Å². The lowest BCUT2D eigenvalue weighted by Crippen LogP contribution is -2.37. The van der Waals surface area contributed by atoms with Crippen LogP contribution in [0, 0.1) is 0 Å². The second kappa shape index (κ2) is 6.72. The van der Waals surface area contributed by atoms with Gasteiger partial charge in [0.2, 0.25) is 0 Å². The van der Waals surface area contributed by atoms with E-state index in [9.17, 15) is 4.79 Å². The molecule has 2 nitrogen and oxygen atoms in total. The number of amides is 1. The van der Waals surface area contributed by atoms with Crippen molar-refractivity contribution in [3.63, 3.8) is 0 Å². The minimum Gasteiger partial charge on any atom is -0.335 e. The summed E-state index contributed by atoms with van der Waals surface area (Å²) in [5.74, 6) is 0.0000905. The van der Waals surface area contributed by atoms with Crippen LogP contribution in [0.2, 0.25) is 10.0 Å². The van der Waals surface area contributed by atoms with Gasteiger partial charge in [-0.3, -0.25) is 4.79 Å². The van der Waals surface area contributed by atoms with E-state index in [1.54, 1.807) is 18.2 Å². The van der Waals surface area contributed by atoms with Gasteiger partial charge in [0.05, 0.1) is 10.6 Å². The Morgan fingerprint density at radius 2 is 1.91 bits per heavy atom. The quantitative estimate of drug-likeness (QED) is 0.786. The van der Waals surface area contributed by atoms with Crippen LogP contribution in [0.15, 0.2) is 48.5 Å². The summed E-state index contributed by atoms with van der Waals surface area (Å²) in [5, 5.41) is 0.965. The molecule has 3 rings (SSSR count). The highest BCUT2D eigenvalue weighted by Gasteiger charge is 2.30. The number of rotatable bonds is 3. The van der Waals surface area contributed by atoms with Crippen molar-refractivity contribution in [1.82, 2.24) is 4.90 Å². The average Bonchev–Trinajstić information content (AvgIpc) is 2.96. The molecule has 0 radical (unpaired) electrons. The first-order valence-electron chi connectivity index (χ1n) is 7.45. The van der Waals surface area contributed by atoms with Gasteiger partial charge < -0.3 is 4.90 Å². The monoisotopic (exact) mass is 333 g/mol. The number of hydrogen-bond donors (Lipinski definition) is 0. The molecule has 1 saturated heterocycles. The highest BCUT2D eigenvalue weighted by atomic mass is 35.5. The van der Waals surface area contributed by atoms with E-state index in [1.807, 2.05) is 23.1 Å². The van der Waals surface area contributed by atoms with Crippen molar-refractivity contribution < 1.29 is 4.79 Å². The molecule has 4 heteroatoms. The predicted molar refractivity (Wildman–Crippen MR) is 90.7 cm³/mol. The number of hydrogen-bond acceptors (Lipinski definition) is 1. The van der Waals surface area contributed by atoms with Crippen LogP contribution in [-0.2, 0) is 6.42 Å². The van der Waals surface area contributed by atoms with Gasteiger partial charge in [0.25, 0.3) is 5.91 Å². The molecule has 114 valence electrons. The lowest BCUT2D eigenvalue weighted by molar-refractivity contribution is 0.0736. The van der Waals surface area contributed by atoms with Gasteiger partial charge in [-0.2, -0.15) is 0 Å². The summed E-state index contributed by atoms with van der Waals surface area (Å²) in [5.41, 5.74) is 1.79. The van der Waals surface area contributed by atoms with Crippen LogP contribution in [0.5, 0.6) is 0 Å². The number of carbonyl (C=O) groups is 1. The largest absolute Gasteiger partial charge is 0.335 e. The fourth-order valence-corrected chi connectivity index (χ4v) is 3.51. The first-order chi connectivity index (χ1) is 10.6. The Hall–Kier alpha value is -1.51. The molecule has 0 aromatic heterocycles. The normalized spacial score (nSPS) is 17.7. The van der Waals surface area contributed by atoms with Crippen LogP contribution in [0.25, 0.3) is 0 Å². The molecule has 2 aromatic rings. The summed E-state index contributed by atoms with van der Waals surface area (Å²) in [7, 11) is 0. The molecule has 0 saturated carbocycles. The number of nitrogens with zero attached hydrogens (tertiary/aromatic N) is 1. The first kappa shape index (κ1) is 15.4. The Morgan fingerprint density at radius 3 is 2.64 bits per heavy atom. The minimum absolute atomic E-state index is 0.0000905. The van der Waals surface area contributed by atoms with E-state index >= 15 is 0 Å². The summed E-state index contributed by atoms with van der Waals surface area (Å²) in [6.45, 7) is 0.787. The Kier molecular flexibility index (Phi) is 4.70. The molecule has 1 fully saturated rings. The third-order valence-corrected chi connectivity index (χ3v) is 4.66. The van der Waals surface area contributed by atoms with Gasteiger partial charge in [-0.05, 0) is 43.0 Å². The lowest BCUT2D eigenvalue weighted by Gasteiger charge is -2.25. The standard InChI is InChI=1S/C18H17Cl2NO/c19-14-8-9-16(17(20)12-14)18(22)21-10-4-7-15(21)11-13-5-2-1-3-6-13/h1-3,5-6,8-9,12,15H,4,7,10-11H2. The van der Waals surface area contributed by atoms with Crippen molar-refractivity contribution in [1.29, 1.82) is 0 Å². The fourth-order valence-electron chi connectivity index (χ4n) is 3.02. The van der Waals surface area contributed by atoms with Gasteiger partial charge in [-0.25, -0.2) is 0 Å². The second-order valence-electron chi connectivity index (χ2n) is 5.61. The Bertz CT molecular complexity index is 672. The molecular formula is C18H17Cl2NO. The lowest BCUT2D eigenvalue weighted by atomic mass is 10.0. The smallest absolute Gasteiger partial charge is 0.255 e. The molecule has 1 atom stereocenters. The van der Waals surface area contributed by atoms with E-state index < -0.39 is 0 Å². The molecule has 0 aliphatic carbocycles. The maximum Gasteiger partial charge on any atom is 0.255 e. The molecule has 1 aliphatic rings. The zero-order valence-corrected chi connectivity index (χ0v) is 13.6. The minimum atomic E-state index is 0.0000905. The molecule has 1 amide bonds. The molecule has 0 N–H and O–H groups in total. The molecule has 2 aromatic carbocycles. The van der Waals surface area contributed by atoms with E-state index in [0.29, 0.717) is 15.6 Å². The van der Waals surface area contributed by atoms with Crippen molar-refractivity contribution in [2.24, 2.45) is 0 Å². The van der Waals surface area contributed by atoms with Gasteiger partial charge in [-0.1, -0.05) is 53.5 Å². The molecular weight excluding hydrogens is 317 g/mol. The average molecular weight is 334 g/mol. The van der Waals surface area contributed by atoms with Crippen LogP contribution in [0.1, 0.15) is 28.8 Å². The number of likely N-dealkylation sites (tertiary alicyclic amines) is 1. The van der Waals surface area contributed by atoms with Crippen LogP contribution >= 0.6 is 23.2 Å². The van der Waals surface area contributed by atoms with Gasteiger partial charge in [-0.15, -0.1) is 0 Å². The van der Waals surface area contributed by atoms with Crippen LogP contribution in [-0.4, -0.2) is 23.4 Å². The van der Waals surface area contributed by atoms with Gasteiger partial charge in [0.15, 0.2) is 0 Å². The Morgan fingerprint density at radius 1 is 1.14 bits per heavy atom. The fraction of sp³-hybridized carbons (Fsp3) is 0.278. The molecule has 1 unspecified atom stereocenters. The van der Waals surface area contributed by atoms with E-state index in [2.05, 4.69) is 12.1 Å². The second-order valence-corrected chi connectivity index (χ2v) is 6.45. The highest BCUT2D eigenvalue weighted by Crippen LogP contribution is 2.27. The molecule has 1 aliphatic heterocycles. The van der Waals surface area contributed by atoms with Crippen molar-refractivity contribution in [3.05, 3.63) is 69.7 Å². The van der Waals surface area contributed by atoms with E-state index in [0.717, 1.165) is 25.8 Å². The van der Waals surface area contributed by atoms with Crippen molar-refractivity contribution in [2.45, 2.75) is 25.3 Å². The van der Waals surface area contributed by atoms with E-state index in [4.69, 9.17) is 23.2 Å². The number of carbonyl (C=O) groups excluding carboxylic acids is 1. The molecule has 1 heterocycles. The van der Waals surface area contributed by atoms with Crippen LogP contribution < -0.4 is 0 Å². The van der Waals surface area contributed by atoms with Crippen molar-refractivity contribution in [2.75, 3.05) is 6.54 Å². The third-order valence-electron chi connectivity index (χ3n) is 4.11. The summed E-state index contributed by atoms with van der Waals surface area (Å²) in [4.78, 5) is 14.7. The Labute approximate surface area is 140 Å². The summed E-state index contributed by atoms with van der Waals surface area (Å²) in [6, 6.07) is 15.6. The van der Waals surface area contributed by atoms with Crippen LogP contribution in [0.3, 0.4) is 0 Å². The summed E-state index contributed by atoms with van der Waals surface area (Å²) in [6.07, 6.45) is 2.96. The number of benzene rings is 2. The predicted octanol–water partition coefficient (Wildman–Crippen LogP) is 4.84. The van der Waals surface area contributed by atoms with E-state index in [1.165, 1.54) is 5.56 Å². The summed E-state index contributed by atoms with van der Waals surface area (Å²) >= 11 is 12.1. The summed E-state index contributed by atoms with van der Waals surface area (Å²) < 4.78 is 0. The SMILES string of the molecule is O=C(c1ccc(Cl)cc1Cl)N1CCCC1Cc1ccccc1. The molecule has 22 heavy (non-hydrogen) atoms.